The van der Waals surface area contributed by atoms with Crippen molar-refractivity contribution < 1.29 is 4.39 Å². The summed E-state index contributed by atoms with van der Waals surface area (Å²) in [5.41, 5.74) is 2.31. The number of nitrogens with zero attached hydrogens (tertiary/aromatic N) is 1. The molecule has 2 nitrogen and oxygen atoms in total. The SMILES string of the molecule is C#CCSCCn1c(=S)[nH]c2cc(F)c(C)cc21. The van der Waals surface area contributed by atoms with E-state index in [-0.39, 0.29) is 5.82 Å². The van der Waals surface area contributed by atoms with Crippen LogP contribution in [0.4, 0.5) is 4.39 Å². The number of hydrogen-bond donors (Lipinski definition) is 1. The van der Waals surface area contributed by atoms with Gasteiger partial charge < -0.3 is 9.55 Å². The lowest BCUT2D eigenvalue weighted by molar-refractivity contribution is 0.620. The monoisotopic (exact) mass is 280 g/mol. The van der Waals surface area contributed by atoms with Gasteiger partial charge in [0.1, 0.15) is 5.82 Å². The number of terminal acetylenes is 1. The number of aromatic nitrogens is 2. The number of benzene rings is 1. The molecule has 0 unspecified atom stereocenters. The van der Waals surface area contributed by atoms with Gasteiger partial charge in [0.05, 0.1) is 16.8 Å². The molecule has 2 rings (SSSR count). The zero-order chi connectivity index (χ0) is 13.1. The first-order chi connectivity index (χ1) is 8.63. The number of halogens is 1. The Hall–Kier alpha value is -1.25. The second-order valence-corrected chi connectivity index (χ2v) is 5.45. The Morgan fingerprint density at radius 1 is 1.56 bits per heavy atom. The van der Waals surface area contributed by atoms with E-state index in [2.05, 4.69) is 10.9 Å². The summed E-state index contributed by atoms with van der Waals surface area (Å²) in [5, 5.41) is 0. The molecule has 0 aliphatic rings. The largest absolute Gasteiger partial charge is 0.330 e. The van der Waals surface area contributed by atoms with Crippen LogP contribution in [-0.4, -0.2) is 21.1 Å². The number of hydrogen-bond acceptors (Lipinski definition) is 2. The molecule has 5 heteroatoms. The third-order valence-corrected chi connectivity index (χ3v) is 3.86. The fraction of sp³-hybridized carbons (Fsp3) is 0.308. The van der Waals surface area contributed by atoms with Gasteiger partial charge in [-0.1, -0.05) is 5.92 Å². The molecule has 0 aliphatic carbocycles. The molecule has 0 saturated carbocycles. The number of fused-ring (bicyclic) bond motifs is 1. The Labute approximate surface area is 115 Å². The maximum atomic E-state index is 13.5. The molecule has 18 heavy (non-hydrogen) atoms. The van der Waals surface area contributed by atoms with Gasteiger partial charge in [-0.3, -0.25) is 0 Å². The lowest BCUT2D eigenvalue weighted by Crippen LogP contribution is -2.01. The van der Waals surface area contributed by atoms with E-state index in [0.717, 1.165) is 23.3 Å². The molecular weight excluding hydrogens is 267 g/mol. The van der Waals surface area contributed by atoms with Gasteiger partial charge in [-0.2, -0.15) is 0 Å². The lowest BCUT2D eigenvalue weighted by atomic mass is 10.2. The highest BCUT2D eigenvalue weighted by Gasteiger charge is 2.07. The average Bonchev–Trinajstić information content (AvgIpc) is 2.62. The van der Waals surface area contributed by atoms with Crippen molar-refractivity contribution in [2.75, 3.05) is 11.5 Å². The summed E-state index contributed by atoms with van der Waals surface area (Å²) in [6.07, 6.45) is 5.20. The van der Waals surface area contributed by atoms with Gasteiger partial charge in [0, 0.05) is 12.3 Å². The highest BCUT2D eigenvalue weighted by molar-refractivity contribution is 7.99. The van der Waals surface area contributed by atoms with E-state index in [4.69, 9.17) is 18.6 Å². The van der Waals surface area contributed by atoms with Crippen LogP contribution in [0.5, 0.6) is 0 Å². The highest BCUT2D eigenvalue weighted by atomic mass is 32.2. The van der Waals surface area contributed by atoms with Gasteiger partial charge in [0.15, 0.2) is 4.77 Å². The van der Waals surface area contributed by atoms with Crippen molar-refractivity contribution in [1.82, 2.24) is 9.55 Å². The maximum absolute atomic E-state index is 13.5. The minimum Gasteiger partial charge on any atom is -0.330 e. The minimum atomic E-state index is -0.215. The van der Waals surface area contributed by atoms with E-state index in [1.807, 2.05) is 10.6 Å². The predicted molar refractivity (Wildman–Crippen MR) is 78.0 cm³/mol. The Morgan fingerprint density at radius 2 is 2.33 bits per heavy atom. The first-order valence-electron chi connectivity index (χ1n) is 5.53. The van der Waals surface area contributed by atoms with Gasteiger partial charge in [-0.25, -0.2) is 4.39 Å². The summed E-state index contributed by atoms with van der Waals surface area (Å²) >= 11 is 6.94. The summed E-state index contributed by atoms with van der Waals surface area (Å²) in [6.45, 7) is 2.53. The van der Waals surface area contributed by atoms with Crippen molar-refractivity contribution in [3.05, 3.63) is 28.3 Å². The number of aryl methyl sites for hydroxylation is 2. The van der Waals surface area contributed by atoms with Crippen LogP contribution in [0.2, 0.25) is 0 Å². The smallest absolute Gasteiger partial charge is 0.178 e. The molecule has 1 aromatic heterocycles. The van der Waals surface area contributed by atoms with E-state index >= 15 is 0 Å². The summed E-state index contributed by atoms with van der Waals surface area (Å²) in [7, 11) is 0. The molecule has 0 saturated heterocycles. The van der Waals surface area contributed by atoms with E-state index in [1.165, 1.54) is 6.07 Å². The summed E-state index contributed by atoms with van der Waals surface area (Å²) in [6, 6.07) is 3.31. The molecule has 1 N–H and O–H groups in total. The Kier molecular flexibility index (Phi) is 4.10. The normalized spacial score (nSPS) is 10.7. The van der Waals surface area contributed by atoms with Crippen molar-refractivity contribution in [3.8, 4) is 12.3 Å². The summed E-state index contributed by atoms with van der Waals surface area (Å²) in [4.78, 5) is 3.02. The molecule has 0 atom stereocenters. The van der Waals surface area contributed by atoms with Gasteiger partial charge in [-0.15, -0.1) is 18.2 Å². The summed E-state index contributed by atoms with van der Waals surface area (Å²) < 4.78 is 16.1. The Balaban J connectivity index is 2.32. The molecule has 0 aliphatic heterocycles. The predicted octanol–water partition coefficient (Wildman–Crippen LogP) is 3.51. The van der Waals surface area contributed by atoms with Crippen LogP contribution in [0, 0.1) is 29.9 Å². The second-order valence-electron chi connectivity index (χ2n) is 3.96. The maximum Gasteiger partial charge on any atom is 0.178 e. The first kappa shape index (κ1) is 13.2. The number of nitrogens with one attached hydrogen (secondary N) is 1. The quantitative estimate of drug-likeness (QED) is 0.525. The zero-order valence-corrected chi connectivity index (χ0v) is 11.6. The molecule has 94 valence electrons. The van der Waals surface area contributed by atoms with E-state index < -0.39 is 0 Å². The number of thioether (sulfide) groups is 1. The Bertz CT molecular complexity index is 664. The molecule has 0 spiro atoms. The number of imidazole rings is 1. The topological polar surface area (TPSA) is 20.7 Å². The van der Waals surface area contributed by atoms with Crippen LogP contribution >= 0.6 is 24.0 Å². The molecule has 1 heterocycles. The van der Waals surface area contributed by atoms with Crippen molar-refractivity contribution in [2.24, 2.45) is 0 Å². The van der Waals surface area contributed by atoms with E-state index in [9.17, 15) is 4.39 Å². The third-order valence-electron chi connectivity index (χ3n) is 2.70. The molecule has 0 bridgehead atoms. The van der Waals surface area contributed by atoms with Crippen LogP contribution in [0.25, 0.3) is 11.0 Å². The zero-order valence-electron chi connectivity index (χ0n) is 10.00. The van der Waals surface area contributed by atoms with E-state index in [1.54, 1.807) is 18.7 Å². The lowest BCUT2D eigenvalue weighted by Gasteiger charge is -2.04. The van der Waals surface area contributed by atoms with Crippen LogP contribution in [0.15, 0.2) is 12.1 Å². The first-order valence-corrected chi connectivity index (χ1v) is 7.09. The number of aromatic amines is 1. The molecule has 0 amide bonds. The van der Waals surface area contributed by atoms with Gasteiger partial charge >= 0.3 is 0 Å². The standard InChI is InChI=1S/C13H13FN2S2/c1-3-5-18-6-4-16-12-7-9(2)10(14)8-11(12)15-13(16)17/h1,7-8H,4-6H2,2H3,(H,15,17). The molecule has 0 fully saturated rings. The van der Waals surface area contributed by atoms with Crippen molar-refractivity contribution in [3.63, 3.8) is 0 Å². The van der Waals surface area contributed by atoms with Crippen molar-refractivity contribution in [2.45, 2.75) is 13.5 Å². The van der Waals surface area contributed by atoms with Crippen LogP contribution in [-0.2, 0) is 6.54 Å². The Morgan fingerprint density at radius 3 is 3.06 bits per heavy atom. The molecule has 1 aromatic carbocycles. The molecular formula is C13H13FN2S2. The minimum absolute atomic E-state index is 0.215. The fourth-order valence-electron chi connectivity index (χ4n) is 1.79. The third kappa shape index (κ3) is 2.60. The van der Waals surface area contributed by atoms with Crippen molar-refractivity contribution in [1.29, 1.82) is 0 Å². The molecule has 0 radical (unpaired) electrons. The van der Waals surface area contributed by atoms with Crippen molar-refractivity contribution >= 4 is 35.0 Å². The second kappa shape index (κ2) is 5.59. The van der Waals surface area contributed by atoms with Crippen LogP contribution in [0.1, 0.15) is 5.56 Å². The van der Waals surface area contributed by atoms with Gasteiger partial charge in [0.25, 0.3) is 0 Å². The number of rotatable bonds is 4. The summed E-state index contributed by atoms with van der Waals surface area (Å²) in [5.74, 6) is 3.96. The van der Waals surface area contributed by atoms with Crippen LogP contribution < -0.4 is 0 Å². The van der Waals surface area contributed by atoms with E-state index in [0.29, 0.717) is 16.1 Å². The van der Waals surface area contributed by atoms with Crippen LogP contribution in [0.3, 0.4) is 0 Å². The number of H-pyrrole nitrogens is 1. The van der Waals surface area contributed by atoms with Gasteiger partial charge in [0.2, 0.25) is 0 Å². The highest BCUT2D eigenvalue weighted by Crippen LogP contribution is 2.19. The van der Waals surface area contributed by atoms with Gasteiger partial charge in [-0.05, 0) is 36.8 Å². The average molecular weight is 280 g/mol. The molecule has 2 aromatic rings. The fourth-order valence-corrected chi connectivity index (χ4v) is 2.66.